The van der Waals surface area contributed by atoms with E-state index in [0.717, 1.165) is 5.69 Å². The van der Waals surface area contributed by atoms with E-state index in [1.54, 1.807) is 30.1 Å². The molecular weight excluding hydrogens is 300 g/mol. The number of fused-ring (bicyclic) bond motifs is 1. The van der Waals surface area contributed by atoms with Crippen molar-refractivity contribution in [2.24, 2.45) is 0 Å². The molecule has 1 heterocycles. The number of halogens is 1. The maximum Gasteiger partial charge on any atom is 0.261 e. The van der Waals surface area contributed by atoms with E-state index in [4.69, 9.17) is 11.6 Å². The maximum absolute atomic E-state index is 13.0. The predicted octanol–water partition coefficient (Wildman–Crippen LogP) is 2.70. The quantitative estimate of drug-likeness (QED) is 0.926. The highest BCUT2D eigenvalue weighted by atomic mass is 35.5. The summed E-state index contributed by atoms with van der Waals surface area (Å²) in [6.45, 7) is 1.40. The van der Waals surface area contributed by atoms with E-state index < -0.39 is 5.54 Å². The monoisotopic (exact) mass is 314 g/mol. The zero-order chi connectivity index (χ0) is 15.9. The molecule has 0 spiro atoms. The number of nitrogens with zero attached hydrogens (tertiary/aromatic N) is 1. The predicted molar refractivity (Wildman–Crippen MR) is 85.9 cm³/mol. The number of hydrogen-bond acceptors (Lipinski definition) is 2. The first-order valence-electron chi connectivity index (χ1n) is 6.89. The summed E-state index contributed by atoms with van der Waals surface area (Å²) >= 11 is 6.13. The zero-order valence-corrected chi connectivity index (χ0v) is 13.0. The highest BCUT2D eigenvalue weighted by molar-refractivity contribution is 6.31. The summed E-state index contributed by atoms with van der Waals surface area (Å²) in [4.78, 5) is 26.4. The molecule has 5 heteroatoms. The van der Waals surface area contributed by atoms with Crippen molar-refractivity contribution in [3.05, 3.63) is 64.7 Å². The molecule has 1 N–H and O–H groups in total. The normalized spacial score (nSPS) is 20.0. The molecule has 22 heavy (non-hydrogen) atoms. The van der Waals surface area contributed by atoms with Crippen LogP contribution >= 0.6 is 11.6 Å². The molecule has 1 aliphatic rings. The average Bonchev–Trinajstić information content (AvgIpc) is 2.70. The SMILES string of the molecule is CC(=O)NC1(c2ccccc2)C(=O)N(C)c2ccc(Cl)cc21. The van der Waals surface area contributed by atoms with Crippen LogP contribution in [-0.4, -0.2) is 18.9 Å². The van der Waals surface area contributed by atoms with E-state index in [0.29, 0.717) is 16.1 Å². The molecule has 2 aromatic rings. The lowest BCUT2D eigenvalue weighted by molar-refractivity contribution is -0.128. The van der Waals surface area contributed by atoms with Gasteiger partial charge in [0.05, 0.1) is 0 Å². The fraction of sp³-hybridized carbons (Fsp3) is 0.176. The molecule has 0 radical (unpaired) electrons. The molecule has 4 nitrogen and oxygen atoms in total. The highest BCUT2D eigenvalue weighted by Gasteiger charge is 2.51. The Morgan fingerprint density at radius 1 is 1.18 bits per heavy atom. The summed E-state index contributed by atoms with van der Waals surface area (Å²) in [5, 5.41) is 3.37. The summed E-state index contributed by atoms with van der Waals surface area (Å²) in [6.07, 6.45) is 0. The second-order valence-electron chi connectivity index (χ2n) is 5.32. The van der Waals surface area contributed by atoms with Crippen molar-refractivity contribution >= 4 is 29.1 Å². The van der Waals surface area contributed by atoms with Crippen molar-refractivity contribution in [1.82, 2.24) is 5.32 Å². The van der Waals surface area contributed by atoms with Crippen molar-refractivity contribution in [2.45, 2.75) is 12.5 Å². The fourth-order valence-electron chi connectivity index (χ4n) is 3.00. The van der Waals surface area contributed by atoms with E-state index in [1.807, 2.05) is 30.3 Å². The number of nitrogens with one attached hydrogen (secondary N) is 1. The molecule has 0 saturated carbocycles. The minimum Gasteiger partial charge on any atom is -0.335 e. The Bertz CT molecular complexity index is 761. The van der Waals surface area contributed by atoms with Gasteiger partial charge in [-0.05, 0) is 23.8 Å². The number of hydrogen-bond donors (Lipinski definition) is 1. The lowest BCUT2D eigenvalue weighted by atomic mass is 9.83. The molecule has 3 rings (SSSR count). The molecule has 2 aromatic carbocycles. The Morgan fingerprint density at radius 3 is 2.50 bits per heavy atom. The largest absolute Gasteiger partial charge is 0.335 e. The Morgan fingerprint density at radius 2 is 1.86 bits per heavy atom. The number of anilines is 1. The van der Waals surface area contributed by atoms with Crippen molar-refractivity contribution in [3.8, 4) is 0 Å². The number of carbonyl (C=O) groups excluding carboxylic acids is 2. The summed E-state index contributed by atoms with van der Waals surface area (Å²) < 4.78 is 0. The van der Waals surface area contributed by atoms with Crippen LogP contribution in [0.4, 0.5) is 5.69 Å². The Labute approximate surface area is 133 Å². The van der Waals surface area contributed by atoms with Crippen LogP contribution in [0.25, 0.3) is 0 Å². The van der Waals surface area contributed by atoms with Gasteiger partial charge in [-0.15, -0.1) is 0 Å². The van der Waals surface area contributed by atoms with Crippen molar-refractivity contribution in [2.75, 3.05) is 11.9 Å². The van der Waals surface area contributed by atoms with E-state index >= 15 is 0 Å². The van der Waals surface area contributed by atoms with Crippen LogP contribution in [0.3, 0.4) is 0 Å². The van der Waals surface area contributed by atoms with Gasteiger partial charge in [-0.2, -0.15) is 0 Å². The molecule has 112 valence electrons. The second-order valence-corrected chi connectivity index (χ2v) is 5.76. The van der Waals surface area contributed by atoms with Crippen LogP contribution in [0.1, 0.15) is 18.1 Å². The van der Waals surface area contributed by atoms with Gasteiger partial charge in [0, 0.05) is 30.2 Å². The van der Waals surface area contributed by atoms with Gasteiger partial charge in [-0.1, -0.05) is 41.9 Å². The molecular formula is C17H15ClN2O2. The number of benzene rings is 2. The molecule has 1 aliphatic heterocycles. The van der Waals surface area contributed by atoms with Crippen LogP contribution < -0.4 is 10.2 Å². The summed E-state index contributed by atoms with van der Waals surface area (Å²) in [7, 11) is 1.70. The third-order valence-electron chi connectivity index (χ3n) is 3.92. The minimum atomic E-state index is -1.23. The summed E-state index contributed by atoms with van der Waals surface area (Å²) in [5.74, 6) is -0.482. The highest BCUT2D eigenvalue weighted by Crippen LogP contribution is 2.44. The van der Waals surface area contributed by atoms with Gasteiger partial charge in [0.15, 0.2) is 5.54 Å². The summed E-state index contributed by atoms with van der Waals surface area (Å²) in [5.41, 5.74) is 0.909. The third kappa shape index (κ3) is 1.99. The lowest BCUT2D eigenvalue weighted by Crippen LogP contribution is -2.52. The van der Waals surface area contributed by atoms with Crippen LogP contribution in [-0.2, 0) is 15.1 Å². The number of likely N-dealkylation sites (N-methyl/N-ethyl adjacent to an activating group) is 1. The van der Waals surface area contributed by atoms with Gasteiger partial charge in [0.2, 0.25) is 5.91 Å². The fourth-order valence-corrected chi connectivity index (χ4v) is 3.17. The molecule has 1 unspecified atom stereocenters. The molecule has 1 atom stereocenters. The lowest BCUT2D eigenvalue weighted by Gasteiger charge is -2.29. The van der Waals surface area contributed by atoms with Crippen molar-refractivity contribution < 1.29 is 9.59 Å². The van der Waals surface area contributed by atoms with Crippen LogP contribution in [0, 0.1) is 0 Å². The topological polar surface area (TPSA) is 49.4 Å². The number of carbonyl (C=O) groups is 2. The molecule has 0 fully saturated rings. The standard InChI is InChI=1S/C17H15ClN2O2/c1-11(21)19-17(12-6-4-3-5-7-12)14-10-13(18)8-9-15(14)20(2)16(17)22/h3-10H,1-2H3,(H,19,21). The van der Waals surface area contributed by atoms with Crippen LogP contribution in [0.2, 0.25) is 5.02 Å². The van der Waals surface area contributed by atoms with Gasteiger partial charge in [-0.3, -0.25) is 9.59 Å². The zero-order valence-electron chi connectivity index (χ0n) is 12.3. The third-order valence-corrected chi connectivity index (χ3v) is 4.15. The summed E-state index contributed by atoms with van der Waals surface area (Å²) in [6, 6.07) is 14.5. The van der Waals surface area contributed by atoms with Crippen molar-refractivity contribution in [1.29, 1.82) is 0 Å². The Hall–Kier alpha value is -2.33. The maximum atomic E-state index is 13.0. The van der Waals surface area contributed by atoms with E-state index in [9.17, 15) is 9.59 Å². The van der Waals surface area contributed by atoms with Crippen LogP contribution in [0.5, 0.6) is 0 Å². The van der Waals surface area contributed by atoms with Crippen LogP contribution in [0.15, 0.2) is 48.5 Å². The van der Waals surface area contributed by atoms with Gasteiger partial charge < -0.3 is 10.2 Å². The van der Waals surface area contributed by atoms with Crippen molar-refractivity contribution in [3.63, 3.8) is 0 Å². The van der Waals surface area contributed by atoms with Gasteiger partial charge >= 0.3 is 0 Å². The first-order valence-corrected chi connectivity index (χ1v) is 7.27. The van der Waals surface area contributed by atoms with E-state index in [-0.39, 0.29) is 11.8 Å². The Kier molecular flexibility index (Phi) is 3.41. The Balaban J connectivity index is 2.33. The molecule has 2 amide bonds. The first kappa shape index (κ1) is 14.6. The number of rotatable bonds is 2. The van der Waals surface area contributed by atoms with Gasteiger partial charge in [-0.25, -0.2) is 0 Å². The second kappa shape index (κ2) is 5.14. The number of amides is 2. The van der Waals surface area contributed by atoms with Gasteiger partial charge in [0.25, 0.3) is 5.91 Å². The average molecular weight is 315 g/mol. The minimum absolute atomic E-state index is 0.203. The first-order chi connectivity index (χ1) is 10.5. The molecule has 0 bridgehead atoms. The van der Waals surface area contributed by atoms with E-state index in [2.05, 4.69) is 5.32 Å². The molecule has 0 aliphatic carbocycles. The van der Waals surface area contributed by atoms with Gasteiger partial charge in [0.1, 0.15) is 0 Å². The molecule has 0 aromatic heterocycles. The molecule has 0 saturated heterocycles. The van der Waals surface area contributed by atoms with E-state index in [1.165, 1.54) is 6.92 Å². The smallest absolute Gasteiger partial charge is 0.261 e.